The van der Waals surface area contributed by atoms with Crippen LogP contribution in [0.25, 0.3) is 22.3 Å². The molecular weight excluding hydrogens is 468 g/mol. The molecule has 11 nitrogen and oxygen atoms in total. The highest BCUT2D eigenvalue weighted by atomic mass is 32.1. The highest BCUT2D eigenvalue weighted by Crippen LogP contribution is 2.28. The van der Waals surface area contributed by atoms with E-state index in [0.29, 0.717) is 26.9 Å². The first kappa shape index (κ1) is 21.7. The van der Waals surface area contributed by atoms with Crippen LogP contribution in [0, 0.1) is 0 Å². The van der Waals surface area contributed by atoms with Gasteiger partial charge in [0.05, 0.1) is 27.7 Å². The molecule has 1 saturated heterocycles. The third-order valence-corrected chi connectivity index (χ3v) is 7.33. The van der Waals surface area contributed by atoms with E-state index in [-0.39, 0.29) is 23.5 Å². The number of aromatic amines is 2. The van der Waals surface area contributed by atoms with E-state index in [4.69, 9.17) is 9.98 Å². The van der Waals surface area contributed by atoms with E-state index in [1.165, 1.54) is 11.3 Å². The van der Waals surface area contributed by atoms with Crippen LogP contribution in [-0.2, 0) is 0 Å². The number of amides is 1. The number of aromatic hydroxyl groups is 1. The molecule has 4 aromatic heterocycles. The molecule has 3 N–H and O–H groups in total. The molecule has 0 radical (unpaired) electrons. The van der Waals surface area contributed by atoms with Gasteiger partial charge in [-0.25, -0.2) is 9.78 Å². The molecule has 5 heterocycles. The van der Waals surface area contributed by atoms with Gasteiger partial charge in [-0.1, -0.05) is 0 Å². The zero-order chi connectivity index (χ0) is 24.1. The van der Waals surface area contributed by atoms with Gasteiger partial charge in [0.1, 0.15) is 5.69 Å². The number of H-pyrrole nitrogens is 2. The number of thiophene rings is 1. The minimum Gasteiger partial charge on any atom is -0.493 e. The number of aromatic nitrogens is 5. The van der Waals surface area contributed by atoms with Crippen molar-refractivity contribution in [1.29, 1.82) is 0 Å². The summed E-state index contributed by atoms with van der Waals surface area (Å²) in [7, 11) is 2.06. The summed E-state index contributed by atoms with van der Waals surface area (Å²) in [5.41, 5.74) is 1.66. The average molecular weight is 493 g/mol. The van der Waals surface area contributed by atoms with Crippen molar-refractivity contribution in [3.63, 3.8) is 0 Å². The van der Waals surface area contributed by atoms with Crippen LogP contribution in [-0.4, -0.2) is 84.6 Å². The maximum atomic E-state index is 13.0. The Kier molecular flexibility index (Phi) is 5.26. The first-order valence-electron chi connectivity index (χ1n) is 11.5. The number of rotatable bonds is 4. The van der Waals surface area contributed by atoms with Crippen molar-refractivity contribution in [2.24, 2.45) is 4.99 Å². The standard InChI is InChI=1S/C23H24N8O3S/c1-29-6-8-30(9-7-29)22(33)18-5-4-17(35-18)15-11-19(25-14-2-3-14)31-20(26-15)13(12-24-31)10-16-21(32)28-23(34)27-16/h4-5,10-12,14,32H,2-3,6-9H2,1H3,(H2,27,28,34)/b13-10+,25-19?. The number of carbonyl (C=O) groups excluding carboxylic acids is 1. The first-order valence-corrected chi connectivity index (χ1v) is 12.3. The van der Waals surface area contributed by atoms with Gasteiger partial charge in [-0.05, 0) is 38.1 Å². The van der Waals surface area contributed by atoms with Gasteiger partial charge in [0.25, 0.3) is 5.91 Å². The number of carbonyl (C=O) groups is 1. The summed E-state index contributed by atoms with van der Waals surface area (Å²) in [5, 5.41) is 15.0. The van der Waals surface area contributed by atoms with Crippen molar-refractivity contribution in [1.82, 2.24) is 34.4 Å². The lowest BCUT2D eigenvalue weighted by Gasteiger charge is -2.32. The molecule has 180 valence electrons. The number of piperazine rings is 1. The monoisotopic (exact) mass is 492 g/mol. The molecule has 0 aromatic carbocycles. The van der Waals surface area contributed by atoms with Gasteiger partial charge in [-0.3, -0.25) is 14.8 Å². The Morgan fingerprint density at radius 3 is 2.74 bits per heavy atom. The van der Waals surface area contributed by atoms with Gasteiger partial charge < -0.3 is 19.9 Å². The lowest BCUT2D eigenvalue weighted by Crippen LogP contribution is -2.46. The Hall–Kier alpha value is -3.77. The number of fused-ring (bicyclic) bond motifs is 1. The molecule has 4 aromatic rings. The van der Waals surface area contributed by atoms with Gasteiger partial charge in [-0.15, -0.1) is 11.3 Å². The molecule has 0 bridgehead atoms. The third kappa shape index (κ3) is 4.26. The Labute approximate surface area is 203 Å². The fourth-order valence-electron chi connectivity index (χ4n) is 4.08. The quantitative estimate of drug-likeness (QED) is 0.372. The zero-order valence-corrected chi connectivity index (χ0v) is 19.9. The van der Waals surface area contributed by atoms with E-state index in [9.17, 15) is 14.7 Å². The number of likely N-dealkylation sites (N-methyl/N-ethyl adjacent to an activating group) is 1. The maximum absolute atomic E-state index is 13.0. The fraction of sp³-hybridized carbons (Fsp3) is 0.348. The van der Waals surface area contributed by atoms with Gasteiger partial charge in [0.15, 0.2) is 11.1 Å². The molecule has 12 heteroatoms. The molecule has 1 aliphatic carbocycles. The van der Waals surface area contributed by atoms with E-state index in [1.807, 2.05) is 23.1 Å². The van der Waals surface area contributed by atoms with E-state index < -0.39 is 5.69 Å². The third-order valence-electron chi connectivity index (χ3n) is 6.24. The molecule has 0 spiro atoms. The summed E-state index contributed by atoms with van der Waals surface area (Å²) in [6, 6.07) is 5.94. The molecule has 2 aliphatic rings. The Morgan fingerprint density at radius 1 is 1.23 bits per heavy atom. The van der Waals surface area contributed by atoms with Crippen LogP contribution in [0.3, 0.4) is 0 Å². The first-order chi connectivity index (χ1) is 16.9. The normalized spacial score (nSPS) is 18.1. The van der Waals surface area contributed by atoms with Crippen LogP contribution in [0.5, 0.6) is 5.88 Å². The van der Waals surface area contributed by atoms with E-state index in [1.54, 1.807) is 16.8 Å². The highest BCUT2D eigenvalue weighted by Gasteiger charge is 2.23. The van der Waals surface area contributed by atoms with E-state index in [0.717, 1.165) is 43.9 Å². The van der Waals surface area contributed by atoms with Crippen molar-refractivity contribution in [3.05, 3.63) is 56.2 Å². The highest BCUT2D eigenvalue weighted by molar-refractivity contribution is 7.17. The summed E-state index contributed by atoms with van der Waals surface area (Å²) in [5.74, 6) is -0.206. The summed E-state index contributed by atoms with van der Waals surface area (Å²) >= 11 is 1.42. The van der Waals surface area contributed by atoms with Crippen molar-refractivity contribution in [2.45, 2.75) is 18.9 Å². The second kappa shape index (κ2) is 8.47. The molecule has 35 heavy (non-hydrogen) atoms. The Morgan fingerprint density at radius 2 is 2.03 bits per heavy atom. The number of imidazole rings is 1. The summed E-state index contributed by atoms with van der Waals surface area (Å²) in [4.78, 5) is 44.7. The van der Waals surface area contributed by atoms with Crippen molar-refractivity contribution in [2.75, 3.05) is 33.2 Å². The Bertz CT molecular complexity index is 1600. The minimum atomic E-state index is -0.501. The molecule has 0 unspecified atom stereocenters. The molecule has 1 aliphatic heterocycles. The van der Waals surface area contributed by atoms with E-state index >= 15 is 0 Å². The number of nitrogens with zero attached hydrogens (tertiary/aromatic N) is 6. The molecule has 0 atom stereocenters. The average Bonchev–Trinajstić information content (AvgIpc) is 3.23. The fourth-order valence-corrected chi connectivity index (χ4v) is 5.01. The second-order valence-corrected chi connectivity index (χ2v) is 10.0. The molecule has 1 saturated carbocycles. The Balaban J connectivity index is 1.42. The summed E-state index contributed by atoms with van der Waals surface area (Å²) < 4.78 is 1.67. The number of hydrogen-bond acceptors (Lipinski definition) is 8. The van der Waals surface area contributed by atoms with Crippen molar-refractivity contribution in [3.8, 4) is 16.5 Å². The largest absolute Gasteiger partial charge is 0.493 e. The number of hydrogen-bond donors (Lipinski definition) is 3. The van der Waals surface area contributed by atoms with Crippen LogP contribution in [0.4, 0.5) is 0 Å². The van der Waals surface area contributed by atoms with Crippen molar-refractivity contribution < 1.29 is 9.90 Å². The van der Waals surface area contributed by atoms with Gasteiger partial charge in [0, 0.05) is 37.5 Å². The summed E-state index contributed by atoms with van der Waals surface area (Å²) in [6.45, 7) is 3.19. The van der Waals surface area contributed by atoms with Crippen LogP contribution >= 0.6 is 11.3 Å². The lowest BCUT2D eigenvalue weighted by atomic mass is 10.3. The zero-order valence-electron chi connectivity index (χ0n) is 19.1. The van der Waals surface area contributed by atoms with Gasteiger partial charge in [-0.2, -0.15) is 9.61 Å². The molecular formula is C23H24N8O3S. The minimum absolute atomic E-state index is 0.0450. The topological polar surface area (TPSA) is 135 Å². The molecule has 1 amide bonds. The van der Waals surface area contributed by atoms with Crippen LogP contribution in [0.15, 0.2) is 34.2 Å². The molecule has 6 rings (SSSR count). The second-order valence-electron chi connectivity index (χ2n) is 8.94. The lowest BCUT2D eigenvalue weighted by molar-refractivity contribution is 0.0669. The smallest absolute Gasteiger partial charge is 0.326 e. The predicted molar refractivity (Wildman–Crippen MR) is 130 cm³/mol. The van der Waals surface area contributed by atoms with Crippen LogP contribution < -0.4 is 16.4 Å². The van der Waals surface area contributed by atoms with Gasteiger partial charge >= 0.3 is 5.69 Å². The predicted octanol–water partition coefficient (Wildman–Crippen LogP) is 0.178. The van der Waals surface area contributed by atoms with Crippen LogP contribution in [0.1, 0.15) is 28.2 Å². The van der Waals surface area contributed by atoms with Crippen molar-refractivity contribution >= 4 is 29.0 Å². The number of nitrogens with one attached hydrogen (secondary N) is 2. The molecule has 2 fully saturated rings. The summed E-state index contributed by atoms with van der Waals surface area (Å²) in [6.07, 6.45) is 5.32. The SMILES string of the molecule is CN1CCN(C(=O)c2ccc(-c3cc(=NC4CC4)n4nc/c(=C\c5[nH]c(=O)[nH]c5O)c4n3)s2)CC1. The van der Waals surface area contributed by atoms with Crippen LogP contribution in [0.2, 0.25) is 0 Å². The van der Waals surface area contributed by atoms with E-state index in [2.05, 4.69) is 27.0 Å². The van der Waals surface area contributed by atoms with Gasteiger partial charge in [0.2, 0.25) is 5.88 Å². The maximum Gasteiger partial charge on any atom is 0.326 e.